The Labute approximate surface area is 187 Å². The van der Waals surface area contributed by atoms with Crippen LogP contribution in [0.15, 0.2) is 60.7 Å². The molecule has 0 bridgehead atoms. The van der Waals surface area contributed by atoms with Gasteiger partial charge in [-0.1, -0.05) is 48.0 Å². The summed E-state index contributed by atoms with van der Waals surface area (Å²) in [6, 6.07) is 20.7. The molecule has 0 saturated carbocycles. The van der Waals surface area contributed by atoms with Gasteiger partial charge in [-0.05, 0) is 54.3 Å². The number of anilines is 1. The lowest BCUT2D eigenvalue weighted by Gasteiger charge is -2.18. The molecule has 0 saturated heterocycles. The van der Waals surface area contributed by atoms with Crippen molar-refractivity contribution in [1.29, 1.82) is 0 Å². The van der Waals surface area contributed by atoms with E-state index < -0.39 is 0 Å². The first kappa shape index (κ1) is 20.9. The number of fused-ring (bicyclic) bond motifs is 1. The molecule has 31 heavy (non-hydrogen) atoms. The number of ether oxygens (including phenoxy) is 2. The lowest BCUT2D eigenvalue weighted by Crippen LogP contribution is -2.09. The Hall–Kier alpha value is -3.31. The maximum atomic E-state index is 6.21. The molecule has 0 spiro atoms. The number of aromatic nitrogens is 2. The highest BCUT2D eigenvalue weighted by atomic mass is 35.5. The molecule has 0 aliphatic heterocycles. The molecule has 1 aromatic heterocycles. The summed E-state index contributed by atoms with van der Waals surface area (Å²) in [5, 5.41) is 4.46. The monoisotopic (exact) mass is 433 g/mol. The fraction of sp³-hybridized carbons (Fsp3) is 0.200. The Morgan fingerprint density at radius 3 is 2.29 bits per heavy atom. The SMILES string of the molecule is COc1cc2nc(Cl)nc(N[C@H](C)c3cccc(-c4ccc(C)cc4)c3)c2cc1OC. The third-order valence-corrected chi connectivity index (χ3v) is 5.47. The first-order valence-electron chi connectivity index (χ1n) is 10.0. The normalized spacial score (nSPS) is 11.9. The summed E-state index contributed by atoms with van der Waals surface area (Å²) in [6.07, 6.45) is 0. The molecule has 3 aromatic carbocycles. The minimum atomic E-state index is -0.00679. The second-order valence-electron chi connectivity index (χ2n) is 7.42. The number of nitrogens with zero attached hydrogens (tertiary/aromatic N) is 2. The van der Waals surface area contributed by atoms with Crippen LogP contribution in [0.25, 0.3) is 22.0 Å². The highest BCUT2D eigenvalue weighted by Crippen LogP contribution is 2.35. The smallest absolute Gasteiger partial charge is 0.224 e. The van der Waals surface area contributed by atoms with Crippen LogP contribution in [0.1, 0.15) is 24.1 Å². The van der Waals surface area contributed by atoms with Gasteiger partial charge in [-0.3, -0.25) is 0 Å². The van der Waals surface area contributed by atoms with E-state index in [0.717, 1.165) is 10.9 Å². The van der Waals surface area contributed by atoms with E-state index in [4.69, 9.17) is 21.1 Å². The standard InChI is InChI=1S/C25H24ClN3O2/c1-15-8-10-17(11-9-15)19-7-5-6-18(12-19)16(2)27-24-20-13-22(30-3)23(31-4)14-21(20)28-25(26)29-24/h5-14,16H,1-4H3,(H,27,28,29)/t16-/m1/s1. The molecular weight excluding hydrogens is 410 g/mol. The number of nitrogens with one attached hydrogen (secondary N) is 1. The van der Waals surface area contributed by atoms with Crippen molar-refractivity contribution in [1.82, 2.24) is 9.97 Å². The number of halogens is 1. The molecule has 5 nitrogen and oxygen atoms in total. The fourth-order valence-corrected chi connectivity index (χ4v) is 3.73. The zero-order valence-electron chi connectivity index (χ0n) is 17.9. The quantitative estimate of drug-likeness (QED) is 0.354. The summed E-state index contributed by atoms with van der Waals surface area (Å²) in [6.45, 7) is 4.19. The highest BCUT2D eigenvalue weighted by molar-refractivity contribution is 6.28. The van der Waals surface area contributed by atoms with Crippen molar-refractivity contribution in [2.24, 2.45) is 0 Å². The molecule has 158 valence electrons. The molecule has 1 atom stereocenters. The Bertz CT molecular complexity index is 1230. The van der Waals surface area contributed by atoms with Crippen molar-refractivity contribution in [3.8, 4) is 22.6 Å². The molecule has 4 rings (SSSR count). The Kier molecular flexibility index (Phi) is 5.96. The van der Waals surface area contributed by atoms with Crippen LogP contribution in [0, 0.1) is 6.92 Å². The lowest BCUT2D eigenvalue weighted by molar-refractivity contribution is 0.356. The summed E-state index contributed by atoms with van der Waals surface area (Å²) >= 11 is 6.21. The Balaban J connectivity index is 1.69. The average Bonchev–Trinajstić information content (AvgIpc) is 2.78. The van der Waals surface area contributed by atoms with E-state index in [1.54, 1.807) is 20.3 Å². The van der Waals surface area contributed by atoms with Crippen LogP contribution in [-0.2, 0) is 0 Å². The van der Waals surface area contributed by atoms with Crippen LogP contribution in [-0.4, -0.2) is 24.2 Å². The lowest BCUT2D eigenvalue weighted by atomic mass is 9.99. The minimum Gasteiger partial charge on any atom is -0.493 e. The summed E-state index contributed by atoms with van der Waals surface area (Å²) in [5.74, 6) is 1.84. The van der Waals surface area contributed by atoms with Crippen LogP contribution >= 0.6 is 11.6 Å². The van der Waals surface area contributed by atoms with Crippen molar-refractivity contribution < 1.29 is 9.47 Å². The molecule has 4 aromatic rings. The molecule has 1 heterocycles. The van der Waals surface area contributed by atoms with Gasteiger partial charge >= 0.3 is 0 Å². The predicted molar refractivity (Wildman–Crippen MR) is 126 cm³/mol. The molecule has 0 aliphatic rings. The maximum Gasteiger partial charge on any atom is 0.224 e. The van der Waals surface area contributed by atoms with Gasteiger partial charge in [0.1, 0.15) is 5.82 Å². The van der Waals surface area contributed by atoms with E-state index >= 15 is 0 Å². The first-order chi connectivity index (χ1) is 15.0. The van der Waals surface area contributed by atoms with Gasteiger partial charge in [0, 0.05) is 17.5 Å². The fourth-order valence-electron chi connectivity index (χ4n) is 3.56. The summed E-state index contributed by atoms with van der Waals surface area (Å²) in [4.78, 5) is 8.77. The van der Waals surface area contributed by atoms with Crippen molar-refractivity contribution >= 4 is 28.3 Å². The van der Waals surface area contributed by atoms with E-state index in [9.17, 15) is 0 Å². The van der Waals surface area contributed by atoms with Crippen LogP contribution in [0.3, 0.4) is 0 Å². The van der Waals surface area contributed by atoms with Crippen LogP contribution in [0.2, 0.25) is 5.28 Å². The minimum absolute atomic E-state index is 0.00679. The zero-order chi connectivity index (χ0) is 22.0. The van der Waals surface area contributed by atoms with E-state index in [2.05, 4.69) is 77.7 Å². The number of hydrogen-bond acceptors (Lipinski definition) is 5. The van der Waals surface area contributed by atoms with Crippen molar-refractivity contribution in [2.45, 2.75) is 19.9 Å². The molecular formula is C25H24ClN3O2. The van der Waals surface area contributed by atoms with Crippen LogP contribution in [0.5, 0.6) is 11.5 Å². The molecule has 0 unspecified atom stereocenters. The maximum absolute atomic E-state index is 6.21. The van der Waals surface area contributed by atoms with E-state index in [0.29, 0.717) is 22.8 Å². The Morgan fingerprint density at radius 2 is 1.58 bits per heavy atom. The number of methoxy groups -OCH3 is 2. The van der Waals surface area contributed by atoms with Crippen molar-refractivity contribution in [3.63, 3.8) is 0 Å². The number of hydrogen-bond donors (Lipinski definition) is 1. The third-order valence-electron chi connectivity index (χ3n) is 5.30. The summed E-state index contributed by atoms with van der Waals surface area (Å²) in [5.41, 5.74) is 5.42. The van der Waals surface area contributed by atoms with Gasteiger partial charge in [0.25, 0.3) is 0 Å². The van der Waals surface area contributed by atoms with Crippen LogP contribution in [0.4, 0.5) is 5.82 Å². The molecule has 0 radical (unpaired) electrons. The number of rotatable bonds is 6. The van der Waals surface area contributed by atoms with Gasteiger partial charge in [-0.2, -0.15) is 0 Å². The third kappa shape index (κ3) is 4.42. The van der Waals surface area contributed by atoms with Gasteiger partial charge in [0.15, 0.2) is 11.5 Å². The number of aryl methyl sites for hydroxylation is 1. The largest absolute Gasteiger partial charge is 0.493 e. The summed E-state index contributed by atoms with van der Waals surface area (Å²) < 4.78 is 10.8. The van der Waals surface area contributed by atoms with Crippen LogP contribution < -0.4 is 14.8 Å². The highest BCUT2D eigenvalue weighted by Gasteiger charge is 2.15. The van der Waals surface area contributed by atoms with E-state index in [1.807, 2.05) is 6.07 Å². The summed E-state index contributed by atoms with van der Waals surface area (Å²) in [7, 11) is 3.20. The van der Waals surface area contributed by atoms with Gasteiger partial charge in [0.2, 0.25) is 5.28 Å². The topological polar surface area (TPSA) is 56.3 Å². The van der Waals surface area contributed by atoms with Crippen molar-refractivity contribution in [3.05, 3.63) is 77.1 Å². The van der Waals surface area contributed by atoms with E-state index in [-0.39, 0.29) is 11.3 Å². The molecule has 6 heteroatoms. The second-order valence-corrected chi connectivity index (χ2v) is 7.76. The average molecular weight is 434 g/mol. The number of benzene rings is 3. The van der Waals surface area contributed by atoms with Gasteiger partial charge in [-0.15, -0.1) is 0 Å². The Morgan fingerprint density at radius 1 is 0.871 bits per heavy atom. The molecule has 0 fully saturated rings. The van der Waals surface area contributed by atoms with Gasteiger partial charge in [-0.25, -0.2) is 9.97 Å². The van der Waals surface area contributed by atoms with Gasteiger partial charge in [0.05, 0.1) is 19.7 Å². The zero-order valence-corrected chi connectivity index (χ0v) is 18.7. The van der Waals surface area contributed by atoms with E-state index in [1.165, 1.54) is 16.7 Å². The molecule has 0 aliphatic carbocycles. The molecule has 1 N–H and O–H groups in total. The second kappa shape index (κ2) is 8.82. The first-order valence-corrected chi connectivity index (χ1v) is 10.4. The van der Waals surface area contributed by atoms with Crippen molar-refractivity contribution in [2.75, 3.05) is 19.5 Å². The van der Waals surface area contributed by atoms with Gasteiger partial charge < -0.3 is 14.8 Å². The predicted octanol–water partition coefficient (Wildman–Crippen LogP) is 6.45. The molecule has 0 amide bonds.